The second-order valence-electron chi connectivity index (χ2n) is 7.41. The zero-order chi connectivity index (χ0) is 20.9. The van der Waals surface area contributed by atoms with Crippen LogP contribution in [0.2, 0.25) is 0 Å². The number of ether oxygens (including phenoxy) is 4. The van der Waals surface area contributed by atoms with Crippen molar-refractivity contribution < 1.29 is 28.5 Å². The van der Waals surface area contributed by atoms with E-state index in [2.05, 4.69) is 0 Å². The number of Topliss-reactive ketones (excluding diaryl/α,β-unsaturated/α-hetero) is 1. The van der Waals surface area contributed by atoms with Crippen LogP contribution in [0.3, 0.4) is 0 Å². The Hall–Kier alpha value is -3.28. The Morgan fingerprint density at radius 1 is 1.07 bits per heavy atom. The van der Waals surface area contributed by atoms with E-state index in [1.54, 1.807) is 31.4 Å². The van der Waals surface area contributed by atoms with Gasteiger partial charge in [0.2, 0.25) is 5.78 Å². The first-order chi connectivity index (χ1) is 14.6. The second kappa shape index (κ2) is 9.03. The molecule has 2 aromatic carbocycles. The smallest absolute Gasteiger partial charge is 0.344 e. The number of hydrogen-bond acceptors (Lipinski definition) is 6. The third-order valence-electron chi connectivity index (χ3n) is 5.26. The number of ketones is 1. The van der Waals surface area contributed by atoms with Gasteiger partial charge in [-0.25, -0.2) is 4.79 Å². The molecule has 0 radical (unpaired) electrons. The van der Waals surface area contributed by atoms with Crippen molar-refractivity contribution in [3.05, 3.63) is 59.4 Å². The fourth-order valence-corrected chi connectivity index (χ4v) is 3.65. The van der Waals surface area contributed by atoms with Crippen molar-refractivity contribution in [2.24, 2.45) is 0 Å². The Labute approximate surface area is 175 Å². The highest BCUT2D eigenvalue weighted by molar-refractivity contribution is 6.14. The maximum absolute atomic E-state index is 12.6. The van der Waals surface area contributed by atoms with E-state index in [4.69, 9.17) is 18.9 Å². The Morgan fingerprint density at radius 2 is 1.80 bits per heavy atom. The van der Waals surface area contributed by atoms with E-state index in [0.717, 1.165) is 37.0 Å². The summed E-state index contributed by atoms with van der Waals surface area (Å²) in [6.07, 6.45) is 6.93. The molecule has 2 aromatic rings. The van der Waals surface area contributed by atoms with Crippen LogP contribution >= 0.6 is 0 Å². The molecule has 0 bridgehead atoms. The summed E-state index contributed by atoms with van der Waals surface area (Å²) < 4.78 is 21.9. The maximum Gasteiger partial charge on any atom is 0.344 e. The van der Waals surface area contributed by atoms with E-state index in [1.165, 1.54) is 6.42 Å². The Balaban J connectivity index is 1.37. The lowest BCUT2D eigenvalue weighted by molar-refractivity contribution is -0.152. The van der Waals surface area contributed by atoms with E-state index in [0.29, 0.717) is 17.1 Å². The van der Waals surface area contributed by atoms with Gasteiger partial charge >= 0.3 is 5.97 Å². The largest absolute Gasteiger partial charge is 0.497 e. The van der Waals surface area contributed by atoms with Gasteiger partial charge in [-0.3, -0.25) is 4.79 Å². The summed E-state index contributed by atoms with van der Waals surface area (Å²) in [5.41, 5.74) is 1.29. The molecule has 2 aliphatic rings. The molecule has 0 atom stereocenters. The number of carbonyl (C=O) groups excluding carboxylic acids is 2. The lowest BCUT2D eigenvalue weighted by atomic mass is 9.98. The van der Waals surface area contributed by atoms with E-state index >= 15 is 0 Å². The Morgan fingerprint density at radius 3 is 2.53 bits per heavy atom. The minimum absolute atomic E-state index is 0.00137. The van der Waals surface area contributed by atoms with Gasteiger partial charge in [-0.1, -0.05) is 18.6 Å². The van der Waals surface area contributed by atoms with Crippen molar-refractivity contribution in [1.29, 1.82) is 0 Å². The van der Waals surface area contributed by atoms with Crippen LogP contribution in [-0.4, -0.2) is 31.6 Å². The van der Waals surface area contributed by atoms with Gasteiger partial charge < -0.3 is 18.9 Å². The summed E-state index contributed by atoms with van der Waals surface area (Å²) in [4.78, 5) is 24.6. The van der Waals surface area contributed by atoms with Gasteiger partial charge in [-0.15, -0.1) is 0 Å². The Kier molecular flexibility index (Phi) is 6.02. The van der Waals surface area contributed by atoms with Gasteiger partial charge in [0.15, 0.2) is 12.4 Å². The van der Waals surface area contributed by atoms with Crippen molar-refractivity contribution >= 4 is 17.8 Å². The summed E-state index contributed by atoms with van der Waals surface area (Å²) in [7, 11) is 1.60. The quantitative estimate of drug-likeness (QED) is 0.515. The summed E-state index contributed by atoms with van der Waals surface area (Å²) in [6.45, 7) is -0.169. The summed E-state index contributed by atoms with van der Waals surface area (Å²) in [5.74, 6) is 1.28. The standard InChI is InChI=1S/C24H24O6/c1-27-17-9-7-16(8-10-17)13-22-24(26)20-12-11-19(14-21(20)30-22)28-15-23(25)29-18-5-3-2-4-6-18/h7-14,18H,2-6,15H2,1H3. The molecular weight excluding hydrogens is 384 g/mol. The second-order valence-corrected chi connectivity index (χ2v) is 7.41. The van der Waals surface area contributed by atoms with Crippen molar-refractivity contribution in [2.75, 3.05) is 13.7 Å². The highest BCUT2D eigenvalue weighted by Gasteiger charge is 2.28. The third-order valence-corrected chi connectivity index (χ3v) is 5.26. The van der Waals surface area contributed by atoms with Crippen LogP contribution in [0, 0.1) is 0 Å². The first-order valence-corrected chi connectivity index (χ1v) is 10.2. The van der Waals surface area contributed by atoms with E-state index in [9.17, 15) is 9.59 Å². The topological polar surface area (TPSA) is 71.1 Å². The van der Waals surface area contributed by atoms with Crippen LogP contribution < -0.4 is 14.2 Å². The highest BCUT2D eigenvalue weighted by atomic mass is 16.6. The summed E-state index contributed by atoms with van der Waals surface area (Å²) in [6, 6.07) is 12.2. The number of methoxy groups -OCH3 is 1. The van der Waals surface area contributed by atoms with E-state index in [-0.39, 0.29) is 30.2 Å². The SMILES string of the molecule is COc1ccc(C=C2Oc3cc(OCC(=O)OC4CCCCC4)ccc3C2=O)cc1. The number of hydrogen-bond donors (Lipinski definition) is 0. The number of carbonyl (C=O) groups is 2. The maximum atomic E-state index is 12.6. The van der Waals surface area contributed by atoms with Crippen LogP contribution in [0.4, 0.5) is 0 Å². The van der Waals surface area contributed by atoms with Gasteiger partial charge in [0.25, 0.3) is 0 Å². The van der Waals surface area contributed by atoms with Gasteiger partial charge in [0.1, 0.15) is 23.4 Å². The molecule has 1 heterocycles. The zero-order valence-corrected chi connectivity index (χ0v) is 16.9. The summed E-state index contributed by atoms with van der Waals surface area (Å²) >= 11 is 0. The molecule has 1 aliphatic carbocycles. The molecule has 156 valence electrons. The molecular formula is C24H24O6. The molecule has 1 saturated carbocycles. The number of esters is 1. The van der Waals surface area contributed by atoms with Crippen molar-refractivity contribution in [3.8, 4) is 17.2 Å². The van der Waals surface area contributed by atoms with Crippen molar-refractivity contribution in [3.63, 3.8) is 0 Å². The van der Waals surface area contributed by atoms with Crippen LogP contribution in [0.25, 0.3) is 6.08 Å². The monoisotopic (exact) mass is 408 g/mol. The molecule has 0 amide bonds. The minimum Gasteiger partial charge on any atom is -0.497 e. The lowest BCUT2D eigenvalue weighted by Crippen LogP contribution is -2.24. The van der Waals surface area contributed by atoms with E-state index in [1.807, 2.05) is 24.3 Å². The van der Waals surface area contributed by atoms with Crippen molar-refractivity contribution in [2.45, 2.75) is 38.2 Å². The summed E-state index contributed by atoms with van der Waals surface area (Å²) in [5, 5.41) is 0. The fourth-order valence-electron chi connectivity index (χ4n) is 3.65. The van der Waals surface area contributed by atoms with Gasteiger partial charge in [0.05, 0.1) is 12.7 Å². The molecule has 6 nitrogen and oxygen atoms in total. The lowest BCUT2D eigenvalue weighted by Gasteiger charge is -2.21. The molecule has 1 fully saturated rings. The molecule has 0 N–H and O–H groups in total. The first-order valence-electron chi connectivity index (χ1n) is 10.2. The number of allylic oxidation sites excluding steroid dienone is 1. The molecule has 0 aromatic heterocycles. The fraction of sp³-hybridized carbons (Fsp3) is 0.333. The third kappa shape index (κ3) is 4.64. The van der Waals surface area contributed by atoms with E-state index < -0.39 is 0 Å². The normalized spacial score (nSPS) is 17.4. The molecule has 0 saturated heterocycles. The average Bonchev–Trinajstić information content (AvgIpc) is 3.08. The number of rotatable bonds is 6. The molecule has 4 rings (SSSR count). The van der Waals surface area contributed by atoms with Gasteiger partial charge in [-0.2, -0.15) is 0 Å². The molecule has 1 aliphatic heterocycles. The molecule has 30 heavy (non-hydrogen) atoms. The Bertz CT molecular complexity index is 954. The predicted octanol–water partition coefficient (Wildman–Crippen LogP) is 4.57. The van der Waals surface area contributed by atoms with Crippen LogP contribution in [-0.2, 0) is 9.53 Å². The number of benzene rings is 2. The first kappa shape index (κ1) is 20.0. The predicted molar refractivity (Wildman–Crippen MR) is 111 cm³/mol. The highest BCUT2D eigenvalue weighted by Crippen LogP contribution is 2.35. The molecule has 0 unspecified atom stereocenters. The van der Waals surface area contributed by atoms with Crippen LogP contribution in [0.1, 0.15) is 48.0 Å². The average molecular weight is 408 g/mol. The molecule has 0 spiro atoms. The molecule has 6 heteroatoms. The number of fused-ring (bicyclic) bond motifs is 1. The van der Waals surface area contributed by atoms with Gasteiger partial charge in [-0.05, 0) is 61.6 Å². The minimum atomic E-state index is -0.375. The van der Waals surface area contributed by atoms with Crippen LogP contribution in [0.15, 0.2) is 48.2 Å². The zero-order valence-electron chi connectivity index (χ0n) is 16.9. The van der Waals surface area contributed by atoms with Crippen molar-refractivity contribution in [1.82, 2.24) is 0 Å². The van der Waals surface area contributed by atoms with Gasteiger partial charge in [0, 0.05) is 6.07 Å². The van der Waals surface area contributed by atoms with Crippen LogP contribution in [0.5, 0.6) is 17.2 Å².